The molecule has 0 spiro atoms. The maximum Gasteiger partial charge on any atom is 0.255 e. The third-order valence-corrected chi connectivity index (χ3v) is 11.0. The number of hydrogen-bond acceptors (Lipinski definition) is 14. The first-order chi connectivity index (χ1) is 29.4. The molecule has 0 radical (unpaired) electrons. The molecule has 15 nitrogen and oxygen atoms in total. The molecule has 1 atom stereocenters. The Bertz CT molecular complexity index is 2200. The molecule has 0 bridgehead atoms. The Morgan fingerprint density at radius 1 is 0.754 bits per heavy atom. The predicted molar refractivity (Wildman–Crippen MR) is 235 cm³/mol. The lowest BCUT2D eigenvalue weighted by Crippen LogP contribution is -2.52. The Hall–Kier alpha value is -5.49. The Labute approximate surface area is 360 Å². The van der Waals surface area contributed by atoms with E-state index in [0.29, 0.717) is 103 Å². The third kappa shape index (κ3) is 12.5. The molecular formula is C45H54N6O9S. The van der Waals surface area contributed by atoms with Crippen molar-refractivity contribution >= 4 is 50.8 Å². The van der Waals surface area contributed by atoms with E-state index in [1.54, 1.807) is 23.5 Å². The lowest BCUT2D eigenvalue weighted by Gasteiger charge is -2.29. The fourth-order valence-electron chi connectivity index (χ4n) is 6.77. The number of nitrogens with zero attached hydrogens (tertiary/aromatic N) is 3. The van der Waals surface area contributed by atoms with E-state index in [1.165, 1.54) is 4.90 Å². The van der Waals surface area contributed by atoms with Crippen LogP contribution in [0.25, 0.3) is 31.9 Å². The van der Waals surface area contributed by atoms with Gasteiger partial charge in [0.2, 0.25) is 11.8 Å². The summed E-state index contributed by atoms with van der Waals surface area (Å²) in [7, 11) is 1.92. The lowest BCUT2D eigenvalue weighted by molar-refractivity contribution is -0.136. The number of thiazole rings is 1. The van der Waals surface area contributed by atoms with Crippen LogP contribution in [0.3, 0.4) is 0 Å². The molecule has 1 unspecified atom stereocenters. The van der Waals surface area contributed by atoms with Crippen LogP contribution in [0.2, 0.25) is 0 Å². The van der Waals surface area contributed by atoms with Gasteiger partial charge in [0.25, 0.3) is 5.91 Å². The van der Waals surface area contributed by atoms with Crippen LogP contribution in [0.15, 0.2) is 79.0 Å². The van der Waals surface area contributed by atoms with Gasteiger partial charge in [0.1, 0.15) is 29.2 Å². The number of pyridine rings is 1. The summed E-state index contributed by atoms with van der Waals surface area (Å²) in [6.45, 7) is 5.88. The zero-order valence-corrected chi connectivity index (χ0v) is 34.4. The van der Waals surface area contributed by atoms with Crippen molar-refractivity contribution in [2.45, 2.75) is 32.9 Å². The maximum atomic E-state index is 12.8. The third-order valence-electron chi connectivity index (χ3n) is 9.94. The number of fused-ring (bicyclic) bond motifs is 2. The minimum absolute atomic E-state index is 0. The molecule has 2 aliphatic rings. The highest BCUT2D eigenvalue weighted by Crippen LogP contribution is 2.33. The highest BCUT2D eigenvalue weighted by Gasteiger charge is 2.39. The summed E-state index contributed by atoms with van der Waals surface area (Å²) in [5.74, 6) is 0.466. The second-order valence-corrected chi connectivity index (χ2v) is 15.0. The van der Waals surface area contributed by atoms with Gasteiger partial charge in [-0.15, -0.1) is 11.3 Å². The molecule has 1 fully saturated rings. The van der Waals surface area contributed by atoms with Crippen molar-refractivity contribution in [3.63, 3.8) is 0 Å². The molecule has 16 heteroatoms. The summed E-state index contributed by atoms with van der Waals surface area (Å²) in [6.07, 6.45) is 2.42. The van der Waals surface area contributed by atoms with Gasteiger partial charge in [-0.05, 0) is 66.1 Å². The quantitative estimate of drug-likeness (QED) is 0.0486. The number of benzene rings is 3. The van der Waals surface area contributed by atoms with Crippen molar-refractivity contribution in [2.75, 3.05) is 96.9 Å². The van der Waals surface area contributed by atoms with Crippen LogP contribution in [0.5, 0.6) is 5.75 Å². The van der Waals surface area contributed by atoms with Crippen LogP contribution in [0.4, 0.5) is 11.5 Å². The zero-order valence-electron chi connectivity index (χ0n) is 33.6. The van der Waals surface area contributed by atoms with Gasteiger partial charge in [-0.3, -0.25) is 19.7 Å². The second kappa shape index (κ2) is 22.9. The number of carbonyl (C=O) groups excluding carboxylic acids is 3. The molecule has 3 aromatic carbocycles. The number of aromatic nitrogens is 2. The van der Waals surface area contributed by atoms with Crippen LogP contribution in [0, 0.1) is 0 Å². The summed E-state index contributed by atoms with van der Waals surface area (Å²) >= 11 is 1.69. The van der Waals surface area contributed by atoms with Crippen molar-refractivity contribution in [1.82, 2.24) is 20.2 Å². The molecule has 1 saturated heterocycles. The molecule has 2 aromatic heterocycles. The Kier molecular flexibility index (Phi) is 16.9. The monoisotopic (exact) mass is 854 g/mol. The Balaban J connectivity index is 0.00000622. The number of ether oxygens (including phenoxy) is 6. The zero-order chi connectivity index (χ0) is 41.5. The largest absolute Gasteiger partial charge is 0.491 e. The Morgan fingerprint density at radius 2 is 1.41 bits per heavy atom. The summed E-state index contributed by atoms with van der Waals surface area (Å²) in [5, 5.41) is 9.79. The van der Waals surface area contributed by atoms with Crippen LogP contribution in [-0.4, -0.2) is 125 Å². The van der Waals surface area contributed by atoms with Crippen LogP contribution < -0.4 is 20.7 Å². The molecule has 4 heterocycles. The summed E-state index contributed by atoms with van der Waals surface area (Å²) in [5.41, 5.74) is 6.66. The Morgan fingerprint density at radius 3 is 2.07 bits per heavy atom. The molecule has 5 aromatic rings. The molecule has 0 saturated carbocycles. The average Bonchev–Trinajstić information content (AvgIpc) is 3.84. The van der Waals surface area contributed by atoms with E-state index in [1.807, 2.05) is 37.5 Å². The van der Waals surface area contributed by atoms with Crippen molar-refractivity contribution in [3.05, 3.63) is 90.1 Å². The van der Waals surface area contributed by atoms with Crippen molar-refractivity contribution < 1.29 is 42.8 Å². The highest BCUT2D eigenvalue weighted by atomic mass is 32.1. The number of piperidine rings is 1. The van der Waals surface area contributed by atoms with Crippen molar-refractivity contribution in [2.24, 2.45) is 0 Å². The van der Waals surface area contributed by atoms with E-state index in [-0.39, 0.29) is 25.7 Å². The van der Waals surface area contributed by atoms with Gasteiger partial charge in [-0.25, -0.2) is 9.97 Å². The molecule has 2 aliphatic heterocycles. The lowest BCUT2D eigenvalue weighted by atomic mass is 10.0. The summed E-state index contributed by atoms with van der Waals surface area (Å²) in [6, 6.07) is 23.3. The SMILES string of the molecule is C.CNc1ccc2nc(-c3ccc(-c4ccc(NCCOCCOCCOCCOCCOCCOc5ccc6c(c5)CN(C5CCC(=O)NC5=O)C6=O)nc4)cc3)sc2c1. The van der Waals surface area contributed by atoms with Crippen LogP contribution >= 0.6 is 11.3 Å². The van der Waals surface area contributed by atoms with E-state index < -0.39 is 11.9 Å². The summed E-state index contributed by atoms with van der Waals surface area (Å²) in [4.78, 5) is 47.5. The molecule has 0 aliphatic carbocycles. The first kappa shape index (κ1) is 45.0. The van der Waals surface area contributed by atoms with Gasteiger partial charge in [0, 0.05) is 55.1 Å². The van der Waals surface area contributed by atoms with Gasteiger partial charge in [-0.2, -0.15) is 0 Å². The normalized spacial score (nSPS) is 14.8. The van der Waals surface area contributed by atoms with Crippen molar-refractivity contribution in [3.8, 4) is 27.4 Å². The van der Waals surface area contributed by atoms with Gasteiger partial charge in [0.15, 0.2) is 0 Å². The number of carbonyl (C=O) groups is 3. The van der Waals surface area contributed by atoms with Crippen LogP contribution in [-0.2, 0) is 39.8 Å². The van der Waals surface area contributed by atoms with E-state index in [9.17, 15) is 14.4 Å². The number of rotatable bonds is 24. The molecule has 324 valence electrons. The number of anilines is 2. The number of hydrogen-bond donors (Lipinski definition) is 3. The van der Waals surface area contributed by atoms with E-state index >= 15 is 0 Å². The van der Waals surface area contributed by atoms with Gasteiger partial charge >= 0.3 is 0 Å². The smallest absolute Gasteiger partial charge is 0.255 e. The van der Waals surface area contributed by atoms with Gasteiger partial charge in [-0.1, -0.05) is 31.7 Å². The fourth-order valence-corrected chi connectivity index (χ4v) is 7.78. The summed E-state index contributed by atoms with van der Waals surface area (Å²) < 4.78 is 34.9. The van der Waals surface area contributed by atoms with E-state index in [4.69, 9.17) is 33.4 Å². The number of nitrogens with one attached hydrogen (secondary N) is 3. The fraction of sp³-hybridized carbons (Fsp3) is 0.400. The molecule has 3 N–H and O–H groups in total. The minimum Gasteiger partial charge on any atom is -0.491 e. The van der Waals surface area contributed by atoms with Gasteiger partial charge < -0.3 is 44.0 Å². The molecule has 61 heavy (non-hydrogen) atoms. The van der Waals surface area contributed by atoms with Crippen LogP contribution in [0.1, 0.15) is 36.2 Å². The number of amides is 3. The topological polar surface area (TPSA) is 172 Å². The van der Waals surface area contributed by atoms with E-state index in [0.717, 1.165) is 49.0 Å². The minimum atomic E-state index is -0.641. The number of imide groups is 1. The van der Waals surface area contributed by atoms with Crippen molar-refractivity contribution in [1.29, 1.82) is 0 Å². The average molecular weight is 855 g/mol. The second-order valence-electron chi connectivity index (χ2n) is 14.0. The first-order valence-corrected chi connectivity index (χ1v) is 20.9. The first-order valence-electron chi connectivity index (χ1n) is 20.1. The van der Waals surface area contributed by atoms with Gasteiger partial charge in [0.05, 0.1) is 76.3 Å². The highest BCUT2D eigenvalue weighted by molar-refractivity contribution is 7.21. The maximum absolute atomic E-state index is 12.8. The molecule has 7 rings (SSSR count). The molecule has 3 amide bonds. The predicted octanol–water partition coefficient (Wildman–Crippen LogP) is 6.04. The molecular weight excluding hydrogens is 801 g/mol. The standard InChI is InChI=1S/C44H50N6O9S.CH4/c1-45-34-7-10-37-39(27-34)60-43(48-37)31-4-2-30(3-5-31)32-6-12-40(47-28-32)46-14-15-54-16-17-55-18-19-56-20-21-57-22-23-58-24-25-59-35-8-9-36-33(26-35)29-50(44(36)53)38-11-13-41(51)49-42(38)52;/h2-10,12,26-28,38,45H,11,13-25,29H2,1H3,(H,46,47)(H,49,51,52);1H4. The van der Waals surface area contributed by atoms with E-state index in [2.05, 4.69) is 57.3 Å².